The SMILES string of the molecule is CCCCO/C(N)=N/c1nc(C)cc(C)n1. The van der Waals surface area contributed by atoms with Gasteiger partial charge in [-0.15, -0.1) is 0 Å². The zero-order chi connectivity index (χ0) is 12.0. The van der Waals surface area contributed by atoms with Gasteiger partial charge in [-0.25, -0.2) is 9.97 Å². The molecular formula is C11H18N4O. The number of aryl methyl sites for hydroxylation is 2. The maximum Gasteiger partial charge on any atom is 0.290 e. The number of aromatic nitrogens is 2. The van der Waals surface area contributed by atoms with E-state index in [1.165, 1.54) is 0 Å². The third-order valence-corrected chi connectivity index (χ3v) is 1.93. The minimum atomic E-state index is 0.124. The van der Waals surface area contributed by atoms with Crippen LogP contribution in [0.25, 0.3) is 0 Å². The fourth-order valence-corrected chi connectivity index (χ4v) is 1.21. The van der Waals surface area contributed by atoms with Gasteiger partial charge in [0.1, 0.15) is 0 Å². The van der Waals surface area contributed by atoms with Crippen LogP contribution in [0.5, 0.6) is 0 Å². The van der Waals surface area contributed by atoms with E-state index in [1.807, 2.05) is 19.9 Å². The first-order valence-corrected chi connectivity index (χ1v) is 5.41. The average Bonchev–Trinajstić information content (AvgIpc) is 2.16. The molecular weight excluding hydrogens is 204 g/mol. The van der Waals surface area contributed by atoms with E-state index in [9.17, 15) is 0 Å². The molecule has 16 heavy (non-hydrogen) atoms. The molecule has 2 N–H and O–H groups in total. The molecule has 0 fully saturated rings. The van der Waals surface area contributed by atoms with Crippen LogP contribution in [0, 0.1) is 13.8 Å². The van der Waals surface area contributed by atoms with Crippen molar-refractivity contribution in [3.05, 3.63) is 17.5 Å². The van der Waals surface area contributed by atoms with Crippen LogP contribution < -0.4 is 5.73 Å². The molecule has 5 heteroatoms. The fraction of sp³-hybridized carbons (Fsp3) is 0.545. The van der Waals surface area contributed by atoms with Crippen LogP contribution in [0.15, 0.2) is 11.1 Å². The molecule has 0 aliphatic heterocycles. The summed E-state index contributed by atoms with van der Waals surface area (Å²) in [5.41, 5.74) is 7.33. The zero-order valence-electron chi connectivity index (χ0n) is 10.0. The molecule has 0 bridgehead atoms. The van der Waals surface area contributed by atoms with E-state index in [0.29, 0.717) is 12.6 Å². The van der Waals surface area contributed by atoms with E-state index in [2.05, 4.69) is 21.9 Å². The van der Waals surface area contributed by atoms with E-state index < -0.39 is 0 Å². The van der Waals surface area contributed by atoms with Gasteiger partial charge in [0.25, 0.3) is 12.0 Å². The number of nitrogens with zero attached hydrogens (tertiary/aromatic N) is 3. The number of amidine groups is 1. The molecule has 0 saturated carbocycles. The summed E-state index contributed by atoms with van der Waals surface area (Å²) >= 11 is 0. The molecule has 1 rings (SSSR count). The molecule has 1 heterocycles. The quantitative estimate of drug-likeness (QED) is 0.479. The van der Waals surface area contributed by atoms with Crippen molar-refractivity contribution in [2.24, 2.45) is 10.7 Å². The second-order valence-corrected chi connectivity index (χ2v) is 3.60. The molecule has 0 amide bonds. The van der Waals surface area contributed by atoms with Gasteiger partial charge in [0.15, 0.2) is 0 Å². The third-order valence-electron chi connectivity index (χ3n) is 1.93. The summed E-state index contributed by atoms with van der Waals surface area (Å²) in [4.78, 5) is 12.3. The normalized spacial score (nSPS) is 11.6. The summed E-state index contributed by atoms with van der Waals surface area (Å²) in [6, 6.07) is 2.01. The number of rotatable bonds is 4. The lowest BCUT2D eigenvalue weighted by Crippen LogP contribution is -2.16. The van der Waals surface area contributed by atoms with Crippen LogP contribution >= 0.6 is 0 Å². The predicted octanol–water partition coefficient (Wildman–Crippen LogP) is 1.86. The average molecular weight is 222 g/mol. The summed E-state index contributed by atoms with van der Waals surface area (Å²) < 4.78 is 5.21. The van der Waals surface area contributed by atoms with E-state index in [-0.39, 0.29) is 6.02 Å². The number of hydrogen-bond donors (Lipinski definition) is 1. The van der Waals surface area contributed by atoms with E-state index in [1.54, 1.807) is 0 Å². The molecule has 0 unspecified atom stereocenters. The van der Waals surface area contributed by atoms with Crippen molar-refractivity contribution >= 4 is 12.0 Å². The zero-order valence-corrected chi connectivity index (χ0v) is 10.0. The van der Waals surface area contributed by atoms with Crippen molar-refractivity contribution < 1.29 is 4.74 Å². The third kappa shape index (κ3) is 4.25. The Bertz CT molecular complexity index is 356. The summed E-state index contributed by atoms with van der Waals surface area (Å²) in [7, 11) is 0. The predicted molar refractivity (Wildman–Crippen MR) is 63.6 cm³/mol. The minimum Gasteiger partial charge on any atom is -0.465 e. The number of nitrogens with two attached hydrogens (primary N) is 1. The highest BCUT2D eigenvalue weighted by atomic mass is 16.5. The Balaban J connectivity index is 2.66. The van der Waals surface area contributed by atoms with Gasteiger partial charge in [0, 0.05) is 11.4 Å². The van der Waals surface area contributed by atoms with Crippen molar-refractivity contribution in [3.8, 4) is 0 Å². The standard InChI is InChI=1S/C11H18N4O/c1-4-5-6-16-10(12)15-11-13-8(2)7-9(3)14-11/h7H,4-6H2,1-3H3,(H2,12,13,14,15). The number of unbranched alkanes of at least 4 members (excludes halogenated alkanes) is 1. The summed E-state index contributed by atoms with van der Waals surface area (Å²) in [6.07, 6.45) is 2.03. The Morgan fingerprint density at radius 2 is 2.00 bits per heavy atom. The van der Waals surface area contributed by atoms with Gasteiger partial charge < -0.3 is 10.5 Å². The maximum atomic E-state index is 5.59. The highest BCUT2D eigenvalue weighted by Gasteiger charge is 1.99. The van der Waals surface area contributed by atoms with Gasteiger partial charge in [-0.3, -0.25) is 0 Å². The lowest BCUT2D eigenvalue weighted by atomic mass is 10.4. The number of aliphatic imine (C=N–C) groups is 1. The van der Waals surface area contributed by atoms with Crippen LogP contribution in [-0.4, -0.2) is 22.6 Å². The maximum absolute atomic E-state index is 5.59. The van der Waals surface area contributed by atoms with Gasteiger partial charge in [-0.2, -0.15) is 4.99 Å². The molecule has 0 radical (unpaired) electrons. The number of hydrogen-bond acceptors (Lipinski definition) is 4. The molecule has 5 nitrogen and oxygen atoms in total. The van der Waals surface area contributed by atoms with E-state index in [4.69, 9.17) is 10.5 Å². The molecule has 0 aromatic carbocycles. The van der Waals surface area contributed by atoms with Crippen molar-refractivity contribution in [2.75, 3.05) is 6.61 Å². The van der Waals surface area contributed by atoms with Crippen LogP contribution in [0.4, 0.5) is 5.95 Å². The van der Waals surface area contributed by atoms with E-state index >= 15 is 0 Å². The highest BCUT2D eigenvalue weighted by molar-refractivity contribution is 5.73. The van der Waals surface area contributed by atoms with Crippen LogP contribution in [0.2, 0.25) is 0 Å². The molecule has 0 aliphatic rings. The first kappa shape index (κ1) is 12.4. The van der Waals surface area contributed by atoms with Crippen molar-refractivity contribution in [2.45, 2.75) is 33.6 Å². The highest BCUT2D eigenvalue weighted by Crippen LogP contribution is 2.07. The van der Waals surface area contributed by atoms with Crippen molar-refractivity contribution in [1.29, 1.82) is 0 Å². The van der Waals surface area contributed by atoms with Gasteiger partial charge in [0.2, 0.25) is 0 Å². The molecule has 1 aromatic heterocycles. The molecule has 1 aromatic rings. The Morgan fingerprint density at radius 1 is 1.38 bits per heavy atom. The number of ether oxygens (including phenoxy) is 1. The lowest BCUT2D eigenvalue weighted by molar-refractivity contribution is 0.292. The van der Waals surface area contributed by atoms with Crippen LogP contribution in [-0.2, 0) is 4.74 Å². The summed E-state index contributed by atoms with van der Waals surface area (Å²) in [5.74, 6) is 0.353. The van der Waals surface area contributed by atoms with E-state index in [0.717, 1.165) is 24.2 Å². The van der Waals surface area contributed by atoms with Gasteiger partial charge >= 0.3 is 0 Å². The topological polar surface area (TPSA) is 73.4 Å². The van der Waals surface area contributed by atoms with Crippen LogP contribution in [0.1, 0.15) is 31.2 Å². The lowest BCUT2D eigenvalue weighted by Gasteiger charge is -2.03. The Kier molecular flexibility index (Phi) is 4.69. The monoisotopic (exact) mass is 222 g/mol. The molecule has 88 valence electrons. The smallest absolute Gasteiger partial charge is 0.290 e. The largest absolute Gasteiger partial charge is 0.465 e. The first-order valence-electron chi connectivity index (χ1n) is 5.41. The van der Waals surface area contributed by atoms with Gasteiger partial charge in [-0.05, 0) is 26.3 Å². The Morgan fingerprint density at radius 3 is 2.56 bits per heavy atom. The van der Waals surface area contributed by atoms with Crippen LogP contribution in [0.3, 0.4) is 0 Å². The minimum absolute atomic E-state index is 0.124. The summed E-state index contributed by atoms with van der Waals surface area (Å²) in [5, 5.41) is 0. The molecule has 0 atom stereocenters. The van der Waals surface area contributed by atoms with Gasteiger partial charge in [-0.1, -0.05) is 13.3 Å². The molecule has 0 spiro atoms. The van der Waals surface area contributed by atoms with Crippen molar-refractivity contribution in [3.63, 3.8) is 0 Å². The van der Waals surface area contributed by atoms with Crippen molar-refractivity contribution in [1.82, 2.24) is 9.97 Å². The second-order valence-electron chi connectivity index (χ2n) is 3.60. The second kappa shape index (κ2) is 6.05. The van der Waals surface area contributed by atoms with Gasteiger partial charge in [0.05, 0.1) is 6.61 Å². The molecule has 0 aliphatic carbocycles. The fourth-order valence-electron chi connectivity index (χ4n) is 1.21. The molecule has 0 saturated heterocycles. The summed E-state index contributed by atoms with van der Waals surface area (Å²) in [6.45, 7) is 6.45. The first-order chi connectivity index (χ1) is 7.61. The Labute approximate surface area is 95.8 Å². The Hall–Kier alpha value is -1.65.